The molecule has 1 aromatic heterocycles. The van der Waals surface area contributed by atoms with Gasteiger partial charge in [-0.1, -0.05) is 34.6 Å². The number of ether oxygens (including phenoxy) is 1. The highest BCUT2D eigenvalue weighted by atomic mass is 32.1. The summed E-state index contributed by atoms with van der Waals surface area (Å²) in [4.78, 5) is 10.9. The van der Waals surface area contributed by atoms with Gasteiger partial charge < -0.3 is 9.84 Å². The van der Waals surface area contributed by atoms with Crippen molar-refractivity contribution in [3.63, 3.8) is 0 Å². The smallest absolute Gasteiger partial charge is 0.349 e. The Morgan fingerprint density at radius 3 is 2.38 bits per heavy atom. The molecule has 4 heteroatoms. The Kier molecular flexibility index (Phi) is 13.1. The van der Waals surface area contributed by atoms with Gasteiger partial charge in [-0.25, -0.2) is 4.79 Å². The molecule has 1 aromatic rings. The zero-order chi connectivity index (χ0) is 13.0. The largest absolute Gasteiger partial charge is 0.492 e. The minimum Gasteiger partial charge on any atom is -0.492 e. The van der Waals surface area contributed by atoms with Crippen LogP contribution in [0.15, 0.2) is 11.4 Å². The standard InChI is InChI=1S/C8H10O3S.2C2H6/c1-2-4-11-6-3-5-12-7(6)8(9)10;2*1-2/h3,5H,2,4H2,1H3,(H,9,10);2*1-2H3. The molecule has 0 radical (unpaired) electrons. The lowest BCUT2D eigenvalue weighted by atomic mass is 10.4. The second-order valence-electron chi connectivity index (χ2n) is 2.27. The highest BCUT2D eigenvalue weighted by Crippen LogP contribution is 2.24. The third-order valence-corrected chi connectivity index (χ3v) is 2.17. The first-order valence-corrected chi connectivity index (χ1v) is 6.57. The van der Waals surface area contributed by atoms with Crippen molar-refractivity contribution in [3.8, 4) is 5.75 Å². The number of hydrogen-bond acceptors (Lipinski definition) is 3. The normalized spacial score (nSPS) is 8.06. The summed E-state index contributed by atoms with van der Waals surface area (Å²) >= 11 is 1.18. The van der Waals surface area contributed by atoms with E-state index in [4.69, 9.17) is 9.84 Å². The van der Waals surface area contributed by atoms with Crippen molar-refractivity contribution in [2.24, 2.45) is 0 Å². The fourth-order valence-corrected chi connectivity index (χ4v) is 1.45. The summed E-state index contributed by atoms with van der Waals surface area (Å²) in [6.07, 6.45) is 0.884. The molecule has 1 rings (SSSR count). The molecule has 0 aromatic carbocycles. The van der Waals surface area contributed by atoms with Crippen molar-refractivity contribution in [2.75, 3.05) is 6.61 Å². The number of hydrogen-bond donors (Lipinski definition) is 1. The zero-order valence-electron chi connectivity index (χ0n) is 10.7. The Hall–Kier alpha value is -1.03. The highest BCUT2D eigenvalue weighted by molar-refractivity contribution is 7.12. The summed E-state index contributed by atoms with van der Waals surface area (Å²) in [7, 11) is 0. The Balaban J connectivity index is 0. The summed E-state index contributed by atoms with van der Waals surface area (Å²) in [5.74, 6) is -0.439. The minimum absolute atomic E-state index is 0.281. The second-order valence-corrected chi connectivity index (χ2v) is 3.18. The van der Waals surface area contributed by atoms with E-state index in [0.717, 1.165) is 6.42 Å². The van der Waals surface area contributed by atoms with Crippen molar-refractivity contribution >= 4 is 17.3 Å². The first-order chi connectivity index (χ1) is 7.75. The predicted octanol–water partition coefficient (Wildman–Crippen LogP) is 4.29. The van der Waals surface area contributed by atoms with E-state index < -0.39 is 5.97 Å². The summed E-state index contributed by atoms with van der Waals surface area (Å²) in [6, 6.07) is 1.68. The summed E-state index contributed by atoms with van der Waals surface area (Å²) in [5.41, 5.74) is 0. The molecule has 0 fully saturated rings. The number of carbonyl (C=O) groups is 1. The van der Waals surface area contributed by atoms with Gasteiger partial charge in [0, 0.05) is 0 Å². The lowest BCUT2D eigenvalue weighted by Crippen LogP contribution is -1.99. The van der Waals surface area contributed by atoms with E-state index in [1.807, 2.05) is 34.6 Å². The molecular weight excluding hydrogens is 224 g/mol. The van der Waals surface area contributed by atoms with E-state index in [-0.39, 0.29) is 4.88 Å². The van der Waals surface area contributed by atoms with Gasteiger partial charge in [-0.05, 0) is 17.9 Å². The lowest BCUT2D eigenvalue weighted by Gasteiger charge is -2.01. The molecule has 0 atom stereocenters. The fraction of sp³-hybridized carbons (Fsp3) is 0.583. The molecule has 0 bridgehead atoms. The third-order valence-electron chi connectivity index (χ3n) is 1.29. The molecule has 0 saturated heterocycles. The van der Waals surface area contributed by atoms with Crippen molar-refractivity contribution in [3.05, 3.63) is 16.3 Å². The summed E-state index contributed by atoms with van der Waals surface area (Å²) in [5, 5.41) is 10.4. The number of aromatic carboxylic acids is 1. The van der Waals surface area contributed by atoms with Crippen molar-refractivity contribution in [1.29, 1.82) is 0 Å². The van der Waals surface area contributed by atoms with Crippen LogP contribution in [0.1, 0.15) is 50.7 Å². The maximum Gasteiger partial charge on any atom is 0.349 e. The van der Waals surface area contributed by atoms with Gasteiger partial charge in [-0.2, -0.15) is 0 Å². The molecule has 1 heterocycles. The van der Waals surface area contributed by atoms with Crippen molar-refractivity contribution < 1.29 is 14.6 Å². The van der Waals surface area contributed by atoms with E-state index in [1.165, 1.54) is 11.3 Å². The van der Waals surface area contributed by atoms with Crippen LogP contribution in [-0.2, 0) is 0 Å². The molecule has 0 saturated carbocycles. The van der Waals surface area contributed by atoms with Gasteiger partial charge in [0.1, 0.15) is 5.75 Å². The first kappa shape index (κ1) is 17.4. The van der Waals surface area contributed by atoms with Gasteiger partial charge in [-0.3, -0.25) is 0 Å². The molecule has 0 amide bonds. The Morgan fingerprint density at radius 2 is 1.94 bits per heavy atom. The van der Waals surface area contributed by atoms with Crippen LogP contribution in [0.25, 0.3) is 0 Å². The second kappa shape index (κ2) is 12.0. The van der Waals surface area contributed by atoms with Gasteiger partial charge >= 0.3 is 5.97 Å². The number of carboxylic acids is 1. The lowest BCUT2D eigenvalue weighted by molar-refractivity contribution is 0.0698. The van der Waals surface area contributed by atoms with Crippen LogP contribution in [0.4, 0.5) is 0 Å². The van der Waals surface area contributed by atoms with E-state index in [1.54, 1.807) is 11.4 Å². The van der Waals surface area contributed by atoms with Crippen molar-refractivity contribution in [2.45, 2.75) is 41.0 Å². The fourth-order valence-electron chi connectivity index (χ4n) is 0.779. The summed E-state index contributed by atoms with van der Waals surface area (Å²) in [6.45, 7) is 10.5. The zero-order valence-corrected chi connectivity index (χ0v) is 11.6. The first-order valence-electron chi connectivity index (χ1n) is 5.69. The van der Waals surface area contributed by atoms with Crippen LogP contribution < -0.4 is 4.74 Å². The number of thiophene rings is 1. The molecule has 3 nitrogen and oxygen atoms in total. The van der Waals surface area contributed by atoms with Crippen LogP contribution in [0.3, 0.4) is 0 Å². The summed E-state index contributed by atoms with van der Waals surface area (Å²) < 4.78 is 5.22. The molecule has 0 aliphatic rings. The van der Waals surface area contributed by atoms with E-state index in [9.17, 15) is 4.79 Å². The third kappa shape index (κ3) is 6.45. The average molecular weight is 246 g/mol. The topological polar surface area (TPSA) is 46.5 Å². The van der Waals surface area contributed by atoms with Crippen LogP contribution in [0.2, 0.25) is 0 Å². The van der Waals surface area contributed by atoms with E-state index in [2.05, 4.69) is 0 Å². The number of rotatable bonds is 4. The van der Waals surface area contributed by atoms with Gasteiger partial charge in [0.25, 0.3) is 0 Å². The van der Waals surface area contributed by atoms with Crippen LogP contribution in [-0.4, -0.2) is 17.7 Å². The monoisotopic (exact) mass is 246 g/mol. The van der Waals surface area contributed by atoms with Crippen LogP contribution in [0, 0.1) is 0 Å². The minimum atomic E-state index is -0.920. The van der Waals surface area contributed by atoms with E-state index >= 15 is 0 Å². The quantitative estimate of drug-likeness (QED) is 0.862. The molecule has 16 heavy (non-hydrogen) atoms. The molecule has 0 spiro atoms. The van der Waals surface area contributed by atoms with Gasteiger partial charge in [-0.15, -0.1) is 11.3 Å². The molecule has 0 unspecified atom stereocenters. The van der Waals surface area contributed by atoms with E-state index in [0.29, 0.717) is 12.4 Å². The Bertz CT molecular complexity index is 269. The van der Waals surface area contributed by atoms with Crippen LogP contribution in [0.5, 0.6) is 5.75 Å². The predicted molar refractivity (Wildman–Crippen MR) is 69.8 cm³/mol. The molecule has 94 valence electrons. The Morgan fingerprint density at radius 1 is 1.38 bits per heavy atom. The molecule has 0 aliphatic heterocycles. The SMILES string of the molecule is CC.CC.CCCOc1ccsc1C(=O)O. The Labute approximate surface area is 102 Å². The average Bonchev–Trinajstić information content (AvgIpc) is 2.80. The molecule has 0 aliphatic carbocycles. The van der Waals surface area contributed by atoms with Crippen molar-refractivity contribution in [1.82, 2.24) is 0 Å². The van der Waals surface area contributed by atoms with Gasteiger partial charge in [0.15, 0.2) is 4.88 Å². The maximum absolute atomic E-state index is 10.6. The van der Waals surface area contributed by atoms with Crippen LogP contribution >= 0.6 is 11.3 Å². The highest BCUT2D eigenvalue weighted by Gasteiger charge is 2.11. The van der Waals surface area contributed by atoms with Gasteiger partial charge in [0.2, 0.25) is 0 Å². The number of carboxylic acid groups (broad SMARTS) is 1. The molecule has 1 N–H and O–H groups in total. The maximum atomic E-state index is 10.6. The molecular formula is C12H22O3S. The van der Waals surface area contributed by atoms with Gasteiger partial charge in [0.05, 0.1) is 6.61 Å².